The fraction of sp³-hybridized carbons (Fsp3) is 0.615. The molecule has 160 valence electrons. The van der Waals surface area contributed by atoms with Gasteiger partial charge in [0.25, 0.3) is 0 Å². The van der Waals surface area contributed by atoms with Crippen molar-refractivity contribution in [3.63, 3.8) is 0 Å². The maximum absolute atomic E-state index is 10.2. The normalized spacial score (nSPS) is 42.4. The van der Waals surface area contributed by atoms with E-state index in [4.69, 9.17) is 9.52 Å². The van der Waals surface area contributed by atoms with Gasteiger partial charge >= 0.3 is 0 Å². The van der Waals surface area contributed by atoms with Gasteiger partial charge < -0.3 is 9.52 Å². The number of hydrogen-bond donors (Lipinski definition) is 1. The van der Waals surface area contributed by atoms with Crippen LogP contribution in [0.4, 0.5) is 0 Å². The molecule has 4 nitrogen and oxygen atoms in total. The van der Waals surface area contributed by atoms with E-state index in [1.54, 1.807) is 18.1 Å². The zero-order valence-electron chi connectivity index (χ0n) is 18.3. The summed E-state index contributed by atoms with van der Waals surface area (Å²) in [5.74, 6) is 3.06. The van der Waals surface area contributed by atoms with Crippen molar-refractivity contribution in [2.45, 2.75) is 71.3 Å². The summed E-state index contributed by atoms with van der Waals surface area (Å²) in [5, 5.41) is 19.3. The first-order valence-electron chi connectivity index (χ1n) is 11.7. The fourth-order valence-corrected chi connectivity index (χ4v) is 7.26. The van der Waals surface area contributed by atoms with Crippen molar-refractivity contribution >= 4 is 18.0 Å². The summed E-state index contributed by atoms with van der Waals surface area (Å²) >= 11 is 0. The van der Waals surface area contributed by atoms with Gasteiger partial charge in [0.2, 0.25) is 0 Å². The molecule has 0 saturated heterocycles. The van der Waals surface area contributed by atoms with Gasteiger partial charge in [-0.1, -0.05) is 25.5 Å². The van der Waals surface area contributed by atoms with E-state index < -0.39 is 0 Å². The SMILES string of the molecule is C[C@]12CC[C@H](O)CC1=CC[C@H]1[C@H]3CC/C(=N/N=C\C=C\c4ccco4)[C@@]3(C)CC[C@@H]12. The zero-order valence-corrected chi connectivity index (χ0v) is 18.3. The van der Waals surface area contributed by atoms with E-state index in [1.165, 1.54) is 31.4 Å². The van der Waals surface area contributed by atoms with E-state index in [1.807, 2.05) is 24.3 Å². The van der Waals surface area contributed by atoms with Crippen LogP contribution in [0.5, 0.6) is 0 Å². The molecule has 1 N–H and O–H groups in total. The van der Waals surface area contributed by atoms with Gasteiger partial charge in [-0.25, -0.2) is 0 Å². The van der Waals surface area contributed by atoms with Crippen LogP contribution in [0.25, 0.3) is 6.08 Å². The smallest absolute Gasteiger partial charge is 0.126 e. The molecule has 0 spiro atoms. The summed E-state index contributed by atoms with van der Waals surface area (Å²) in [7, 11) is 0. The lowest BCUT2D eigenvalue weighted by Crippen LogP contribution is -2.50. The van der Waals surface area contributed by atoms with E-state index >= 15 is 0 Å². The second kappa shape index (κ2) is 7.64. The first-order valence-corrected chi connectivity index (χ1v) is 11.7. The molecule has 1 heterocycles. The van der Waals surface area contributed by atoms with Gasteiger partial charge in [0.05, 0.1) is 12.4 Å². The number of nitrogens with zero attached hydrogens (tertiary/aromatic N) is 2. The standard InChI is InChI=1S/C26H34N2O2/c1-25-13-11-19(29)17-18(25)7-8-21-22-9-10-24(26(22,2)14-12-23(21)25)28-27-15-3-5-20-6-4-16-30-20/h3-7,15-16,19,21-23,29H,8-14,17H2,1-2H3/b5-3+,27-15-,28-24-/t19-,21-,22+,23-,25-,26-/m0/s1. The number of rotatable bonds is 3. The number of allylic oxidation sites excluding steroid dienone is 2. The van der Waals surface area contributed by atoms with Crippen LogP contribution in [0.3, 0.4) is 0 Å². The summed E-state index contributed by atoms with van der Waals surface area (Å²) < 4.78 is 5.30. The molecule has 0 bridgehead atoms. The third kappa shape index (κ3) is 3.24. The van der Waals surface area contributed by atoms with E-state index in [9.17, 15) is 5.11 Å². The average Bonchev–Trinajstić information content (AvgIpc) is 3.36. The van der Waals surface area contributed by atoms with Crippen LogP contribution >= 0.6 is 0 Å². The molecule has 4 aliphatic carbocycles. The van der Waals surface area contributed by atoms with Crippen molar-refractivity contribution in [1.82, 2.24) is 0 Å². The Morgan fingerprint density at radius 3 is 2.80 bits per heavy atom. The Balaban J connectivity index is 1.33. The highest BCUT2D eigenvalue weighted by Gasteiger charge is 2.57. The van der Waals surface area contributed by atoms with Crippen LogP contribution in [0.15, 0.2) is 50.7 Å². The molecule has 30 heavy (non-hydrogen) atoms. The monoisotopic (exact) mass is 406 g/mol. The van der Waals surface area contributed by atoms with E-state index in [2.05, 4.69) is 25.0 Å². The molecule has 1 aromatic heterocycles. The first-order chi connectivity index (χ1) is 14.5. The second-order valence-electron chi connectivity index (χ2n) is 10.3. The number of aliphatic hydroxyl groups is 1. The van der Waals surface area contributed by atoms with Crippen molar-refractivity contribution < 1.29 is 9.52 Å². The number of furan rings is 1. The van der Waals surface area contributed by atoms with Gasteiger partial charge in [0.1, 0.15) is 5.76 Å². The van der Waals surface area contributed by atoms with Gasteiger partial charge in [-0.05, 0) is 98.8 Å². The molecule has 0 amide bonds. The maximum Gasteiger partial charge on any atom is 0.126 e. The van der Waals surface area contributed by atoms with E-state index in [0.29, 0.717) is 11.3 Å². The fourth-order valence-electron chi connectivity index (χ4n) is 7.26. The van der Waals surface area contributed by atoms with Gasteiger partial charge in [-0.15, -0.1) is 0 Å². The lowest BCUT2D eigenvalue weighted by Gasteiger charge is -2.57. The molecular formula is C26H34N2O2. The zero-order chi connectivity index (χ0) is 20.8. The van der Waals surface area contributed by atoms with E-state index in [-0.39, 0.29) is 11.5 Å². The minimum atomic E-state index is -0.125. The minimum absolute atomic E-state index is 0.125. The largest absolute Gasteiger partial charge is 0.465 e. The number of fused-ring (bicyclic) bond motifs is 5. The summed E-state index contributed by atoms with van der Waals surface area (Å²) in [6.45, 7) is 4.93. The van der Waals surface area contributed by atoms with Crippen LogP contribution in [0.2, 0.25) is 0 Å². The number of hydrogen-bond acceptors (Lipinski definition) is 4. The molecule has 4 heteroatoms. The maximum atomic E-state index is 10.2. The van der Waals surface area contributed by atoms with Crippen LogP contribution < -0.4 is 0 Å². The molecule has 5 rings (SSSR count). The predicted molar refractivity (Wildman–Crippen MR) is 121 cm³/mol. The highest BCUT2D eigenvalue weighted by Crippen LogP contribution is 2.64. The van der Waals surface area contributed by atoms with Crippen LogP contribution in [0.1, 0.15) is 71.0 Å². The van der Waals surface area contributed by atoms with Crippen LogP contribution in [-0.4, -0.2) is 23.1 Å². The molecular weight excluding hydrogens is 372 g/mol. The predicted octanol–water partition coefficient (Wildman–Crippen LogP) is 6.04. The molecule has 3 fully saturated rings. The third-order valence-corrected chi connectivity index (χ3v) is 8.95. The Labute approximate surface area is 179 Å². The van der Waals surface area contributed by atoms with Gasteiger partial charge in [0.15, 0.2) is 0 Å². The molecule has 1 aromatic rings. The van der Waals surface area contributed by atoms with Gasteiger partial charge in [-0.3, -0.25) is 0 Å². The third-order valence-electron chi connectivity index (χ3n) is 8.95. The lowest BCUT2D eigenvalue weighted by atomic mass is 9.48. The van der Waals surface area contributed by atoms with Gasteiger partial charge in [-0.2, -0.15) is 10.2 Å². The lowest BCUT2D eigenvalue weighted by molar-refractivity contribution is -0.0209. The topological polar surface area (TPSA) is 58.1 Å². The second-order valence-corrected chi connectivity index (χ2v) is 10.3. The number of aliphatic hydroxyl groups excluding tert-OH is 1. The molecule has 0 unspecified atom stereocenters. The van der Waals surface area contributed by atoms with Crippen molar-refractivity contribution in [3.8, 4) is 0 Å². The Morgan fingerprint density at radius 1 is 1.13 bits per heavy atom. The summed E-state index contributed by atoms with van der Waals surface area (Å²) in [4.78, 5) is 0. The summed E-state index contributed by atoms with van der Waals surface area (Å²) in [6, 6.07) is 3.81. The van der Waals surface area contributed by atoms with Crippen molar-refractivity contribution in [2.75, 3.05) is 0 Å². The molecule has 3 saturated carbocycles. The van der Waals surface area contributed by atoms with Crippen molar-refractivity contribution in [3.05, 3.63) is 41.9 Å². The first kappa shape index (κ1) is 20.0. The molecule has 0 aromatic carbocycles. The Hall–Kier alpha value is -1.94. The highest BCUT2D eigenvalue weighted by molar-refractivity contribution is 5.93. The molecule has 4 aliphatic rings. The van der Waals surface area contributed by atoms with Crippen LogP contribution in [0, 0.1) is 28.6 Å². The Bertz CT molecular complexity index is 896. The molecule has 0 aliphatic heterocycles. The molecule has 0 radical (unpaired) electrons. The Morgan fingerprint density at radius 2 is 1.97 bits per heavy atom. The minimum Gasteiger partial charge on any atom is -0.465 e. The molecule has 6 atom stereocenters. The van der Waals surface area contributed by atoms with Crippen molar-refractivity contribution in [1.29, 1.82) is 0 Å². The van der Waals surface area contributed by atoms with Gasteiger partial charge in [0, 0.05) is 17.3 Å². The summed E-state index contributed by atoms with van der Waals surface area (Å²) in [5.41, 5.74) is 3.34. The highest BCUT2D eigenvalue weighted by atomic mass is 16.3. The Kier molecular flexibility index (Phi) is 5.09. The summed E-state index contributed by atoms with van der Waals surface area (Å²) in [6.07, 6.45) is 18.6. The van der Waals surface area contributed by atoms with Crippen molar-refractivity contribution in [2.24, 2.45) is 38.8 Å². The van der Waals surface area contributed by atoms with Crippen LogP contribution in [-0.2, 0) is 0 Å². The quantitative estimate of drug-likeness (QED) is 0.378. The average molecular weight is 407 g/mol. The van der Waals surface area contributed by atoms with E-state index in [0.717, 1.165) is 43.3 Å².